The summed E-state index contributed by atoms with van der Waals surface area (Å²) < 4.78 is 27.6. The smallest absolute Gasteiger partial charge is 0.271 e. The average Bonchev–Trinajstić information content (AvgIpc) is 3.24. The van der Waals surface area contributed by atoms with Crippen LogP contribution in [0.2, 0.25) is 0 Å². The zero-order valence-electron chi connectivity index (χ0n) is 14.6. The standard InChI is InChI=1S/C18H17N3O5S/c1-12(22)19-8-6-14-10-16(4-5-17(14)19)27(25,26)20-9-7-13-2-3-15(21(23)24)11-18(13)20/h2-5,10-11H,6-9H2,1H3. The normalized spacial score (nSPS) is 15.6. The molecule has 0 saturated heterocycles. The van der Waals surface area contributed by atoms with Gasteiger partial charge in [0.15, 0.2) is 0 Å². The number of carbonyl (C=O) groups is 1. The summed E-state index contributed by atoms with van der Waals surface area (Å²) in [5, 5.41) is 11.0. The Balaban J connectivity index is 1.74. The Bertz CT molecular complexity index is 1080. The highest BCUT2D eigenvalue weighted by Gasteiger charge is 2.33. The van der Waals surface area contributed by atoms with Crippen molar-refractivity contribution in [1.82, 2.24) is 0 Å². The second-order valence-corrected chi connectivity index (χ2v) is 8.47. The predicted molar refractivity (Wildman–Crippen MR) is 99.5 cm³/mol. The van der Waals surface area contributed by atoms with Crippen LogP contribution >= 0.6 is 0 Å². The lowest BCUT2D eigenvalue weighted by molar-refractivity contribution is -0.384. The second-order valence-electron chi connectivity index (χ2n) is 6.61. The molecule has 8 nitrogen and oxygen atoms in total. The van der Waals surface area contributed by atoms with Crippen LogP contribution in [0.1, 0.15) is 18.1 Å². The molecule has 9 heteroatoms. The van der Waals surface area contributed by atoms with E-state index in [9.17, 15) is 23.3 Å². The third-order valence-corrected chi connectivity index (χ3v) is 6.86. The topological polar surface area (TPSA) is 101 Å². The van der Waals surface area contributed by atoms with Crippen LogP contribution in [0, 0.1) is 10.1 Å². The van der Waals surface area contributed by atoms with Crippen molar-refractivity contribution >= 4 is 33.0 Å². The monoisotopic (exact) mass is 387 g/mol. The number of nitro groups is 1. The molecule has 140 valence electrons. The van der Waals surface area contributed by atoms with Crippen LogP contribution < -0.4 is 9.21 Å². The quantitative estimate of drug-likeness (QED) is 0.594. The number of nitrogens with zero attached hydrogens (tertiary/aromatic N) is 3. The fraction of sp³-hybridized carbons (Fsp3) is 0.278. The second kappa shape index (κ2) is 6.05. The fourth-order valence-corrected chi connectivity index (χ4v) is 5.24. The number of fused-ring (bicyclic) bond motifs is 2. The van der Waals surface area contributed by atoms with Gasteiger partial charge in [0.2, 0.25) is 5.91 Å². The summed E-state index contributed by atoms with van der Waals surface area (Å²) in [6.07, 6.45) is 1.11. The molecule has 0 fully saturated rings. The van der Waals surface area contributed by atoms with Crippen molar-refractivity contribution in [3.8, 4) is 0 Å². The highest BCUT2D eigenvalue weighted by molar-refractivity contribution is 7.92. The molecular formula is C18H17N3O5S. The molecule has 0 unspecified atom stereocenters. The minimum atomic E-state index is -3.85. The van der Waals surface area contributed by atoms with E-state index in [-0.39, 0.29) is 23.0 Å². The number of non-ortho nitro benzene ring substituents is 1. The Kier molecular flexibility index (Phi) is 3.92. The number of carbonyl (C=O) groups excluding carboxylic acids is 1. The first-order valence-corrected chi connectivity index (χ1v) is 9.94. The van der Waals surface area contributed by atoms with E-state index in [1.54, 1.807) is 23.1 Å². The van der Waals surface area contributed by atoms with Crippen LogP contribution in [0.15, 0.2) is 41.3 Å². The molecule has 0 bridgehead atoms. The van der Waals surface area contributed by atoms with Gasteiger partial charge in [-0.05, 0) is 42.2 Å². The van der Waals surface area contributed by atoms with Crippen LogP contribution in [-0.2, 0) is 27.7 Å². The van der Waals surface area contributed by atoms with Crippen LogP contribution in [-0.4, -0.2) is 32.3 Å². The van der Waals surface area contributed by atoms with Gasteiger partial charge in [-0.3, -0.25) is 19.2 Å². The van der Waals surface area contributed by atoms with Crippen molar-refractivity contribution in [1.29, 1.82) is 0 Å². The molecule has 0 spiro atoms. The summed E-state index contributed by atoms with van der Waals surface area (Å²) in [7, 11) is -3.85. The van der Waals surface area contributed by atoms with Crippen molar-refractivity contribution in [2.24, 2.45) is 0 Å². The van der Waals surface area contributed by atoms with Crippen LogP contribution in [0.4, 0.5) is 17.1 Å². The van der Waals surface area contributed by atoms with Crippen molar-refractivity contribution < 1.29 is 18.1 Å². The largest absolute Gasteiger partial charge is 0.312 e. The van der Waals surface area contributed by atoms with Gasteiger partial charge in [0, 0.05) is 37.8 Å². The van der Waals surface area contributed by atoms with Crippen molar-refractivity contribution in [3.63, 3.8) is 0 Å². The Labute approximate surface area is 156 Å². The number of sulfonamides is 1. The Morgan fingerprint density at radius 2 is 1.78 bits per heavy atom. The maximum Gasteiger partial charge on any atom is 0.271 e. The van der Waals surface area contributed by atoms with E-state index >= 15 is 0 Å². The molecule has 0 N–H and O–H groups in total. The number of rotatable bonds is 3. The summed E-state index contributed by atoms with van der Waals surface area (Å²) in [4.78, 5) is 23.9. The molecule has 0 radical (unpaired) electrons. The molecule has 0 aliphatic carbocycles. The van der Waals surface area contributed by atoms with E-state index in [0.717, 1.165) is 16.8 Å². The van der Waals surface area contributed by atoms with Gasteiger partial charge >= 0.3 is 0 Å². The number of benzene rings is 2. The summed E-state index contributed by atoms with van der Waals surface area (Å²) in [5.74, 6) is -0.0786. The van der Waals surface area contributed by atoms with Crippen molar-refractivity contribution in [2.75, 3.05) is 22.3 Å². The lowest BCUT2D eigenvalue weighted by Gasteiger charge is -2.20. The highest BCUT2D eigenvalue weighted by atomic mass is 32.2. The summed E-state index contributed by atoms with van der Waals surface area (Å²) in [6.45, 7) is 2.26. The molecule has 0 aromatic heterocycles. The number of anilines is 2. The molecule has 0 atom stereocenters. The van der Waals surface area contributed by atoms with E-state index in [2.05, 4.69) is 0 Å². The first-order chi connectivity index (χ1) is 12.8. The van der Waals surface area contributed by atoms with Gasteiger partial charge in [-0.2, -0.15) is 0 Å². The van der Waals surface area contributed by atoms with E-state index in [1.165, 1.54) is 29.4 Å². The molecule has 2 aromatic rings. The lowest BCUT2D eigenvalue weighted by atomic mass is 10.1. The third kappa shape index (κ3) is 2.74. The minimum absolute atomic E-state index is 0.0786. The summed E-state index contributed by atoms with van der Waals surface area (Å²) >= 11 is 0. The van der Waals surface area contributed by atoms with Gasteiger partial charge in [-0.15, -0.1) is 0 Å². The summed E-state index contributed by atoms with van der Waals surface area (Å²) in [5.41, 5.74) is 2.54. The van der Waals surface area contributed by atoms with Gasteiger partial charge < -0.3 is 4.90 Å². The molecule has 2 aromatic carbocycles. The van der Waals surface area contributed by atoms with Gasteiger partial charge in [0.05, 0.1) is 15.5 Å². The lowest BCUT2D eigenvalue weighted by Crippen LogP contribution is -2.29. The van der Waals surface area contributed by atoms with Crippen LogP contribution in [0.25, 0.3) is 0 Å². The number of hydrogen-bond acceptors (Lipinski definition) is 5. The highest BCUT2D eigenvalue weighted by Crippen LogP contribution is 2.37. The molecule has 2 heterocycles. The molecule has 2 aliphatic heterocycles. The van der Waals surface area contributed by atoms with Crippen molar-refractivity contribution in [2.45, 2.75) is 24.7 Å². The van der Waals surface area contributed by atoms with E-state index in [1.807, 2.05) is 0 Å². The molecule has 4 rings (SSSR count). The third-order valence-electron chi connectivity index (χ3n) is 5.05. The fourth-order valence-electron chi connectivity index (χ4n) is 3.69. The van der Waals surface area contributed by atoms with Crippen molar-refractivity contribution in [3.05, 3.63) is 57.6 Å². The predicted octanol–water partition coefficient (Wildman–Crippen LogP) is 2.26. The van der Waals surface area contributed by atoms with E-state index in [0.29, 0.717) is 25.1 Å². The zero-order valence-corrected chi connectivity index (χ0v) is 15.4. The first-order valence-electron chi connectivity index (χ1n) is 8.50. The average molecular weight is 387 g/mol. The van der Waals surface area contributed by atoms with Gasteiger partial charge in [0.25, 0.3) is 15.7 Å². The number of hydrogen-bond donors (Lipinski definition) is 0. The Morgan fingerprint density at radius 3 is 2.48 bits per heavy atom. The Hall–Kier alpha value is -2.94. The first kappa shape index (κ1) is 17.5. The van der Waals surface area contributed by atoms with Gasteiger partial charge in [-0.25, -0.2) is 8.42 Å². The molecule has 0 saturated carbocycles. The van der Waals surface area contributed by atoms with Crippen LogP contribution in [0.5, 0.6) is 0 Å². The number of nitro benzene ring substituents is 1. The maximum absolute atomic E-state index is 13.2. The molecular weight excluding hydrogens is 370 g/mol. The molecule has 2 aliphatic rings. The summed E-state index contributed by atoms with van der Waals surface area (Å²) in [6, 6.07) is 9.05. The SMILES string of the molecule is CC(=O)N1CCc2cc(S(=O)(=O)N3CCc4ccc([N+](=O)[O-])cc43)ccc21. The molecule has 1 amide bonds. The van der Waals surface area contributed by atoms with Gasteiger partial charge in [-0.1, -0.05) is 6.07 Å². The number of amides is 1. The van der Waals surface area contributed by atoms with E-state index < -0.39 is 14.9 Å². The maximum atomic E-state index is 13.2. The van der Waals surface area contributed by atoms with Gasteiger partial charge in [0.1, 0.15) is 0 Å². The van der Waals surface area contributed by atoms with Crippen LogP contribution in [0.3, 0.4) is 0 Å². The Morgan fingerprint density at radius 1 is 1.04 bits per heavy atom. The zero-order chi connectivity index (χ0) is 19.3. The minimum Gasteiger partial charge on any atom is -0.312 e. The van der Waals surface area contributed by atoms with E-state index in [4.69, 9.17) is 0 Å². The molecule has 27 heavy (non-hydrogen) atoms.